The van der Waals surface area contributed by atoms with Crippen LogP contribution in [0.5, 0.6) is 0 Å². The normalized spacial score (nSPS) is 48.3. The third-order valence-corrected chi connectivity index (χ3v) is 11.2. The summed E-state index contributed by atoms with van der Waals surface area (Å²) in [5.74, 6) is -2.01. The van der Waals surface area contributed by atoms with E-state index in [-0.39, 0.29) is 25.2 Å². The zero-order valence-electron chi connectivity index (χ0n) is 21.1. The van der Waals surface area contributed by atoms with Crippen molar-refractivity contribution in [3.05, 3.63) is 11.6 Å². The van der Waals surface area contributed by atoms with Gasteiger partial charge in [-0.3, -0.25) is 9.59 Å². The first-order valence-electron chi connectivity index (χ1n) is 13.1. The number of fused-ring (bicyclic) bond motifs is 3. The summed E-state index contributed by atoms with van der Waals surface area (Å²) in [6, 6.07) is 0. The highest BCUT2D eigenvalue weighted by molar-refractivity contribution is 6.37. The van der Waals surface area contributed by atoms with Crippen molar-refractivity contribution < 1.29 is 33.0 Å². The first kappa shape index (κ1) is 25.3. The maximum absolute atomic E-state index is 16.6. The van der Waals surface area contributed by atoms with Crippen LogP contribution in [0.25, 0.3) is 0 Å². The van der Waals surface area contributed by atoms with E-state index in [1.165, 1.54) is 0 Å². The number of carbonyl (C=O) groups is 3. The SMILES string of the molecule is CCCCOC(=O)C(=O)[C@@]12CC[C@@]3(OC(C)O1)[C@@H]1CCC4=CC(=O)CC[C@]4(C)[C@@]1(Cl)[C@@H](F)C[C@]23C. The van der Waals surface area contributed by atoms with E-state index in [4.69, 9.17) is 25.8 Å². The standard InChI is InChI=1S/C27H36ClFO6/c1-5-6-13-33-22(32)21(31)26-12-11-25(34-16(2)35-26)19-8-7-17-14-18(30)9-10-23(17,3)27(19,28)20(29)15-24(25,26)4/h14,16,19-20H,5-13,15H2,1-4H3/t16?,19-,20-,23-,24-,25+,26+,27-/m0/s1. The Morgan fingerprint density at radius 1 is 1.20 bits per heavy atom. The fourth-order valence-corrected chi connectivity index (χ4v) is 9.03. The van der Waals surface area contributed by atoms with Gasteiger partial charge in [-0.15, -0.1) is 11.6 Å². The molecule has 5 rings (SSSR count). The van der Waals surface area contributed by atoms with Gasteiger partial charge in [0.15, 0.2) is 12.1 Å². The number of hydrogen-bond donors (Lipinski definition) is 0. The van der Waals surface area contributed by atoms with Crippen molar-refractivity contribution in [3.8, 4) is 0 Å². The number of carbonyl (C=O) groups excluding carboxylic acids is 3. The Morgan fingerprint density at radius 3 is 2.66 bits per heavy atom. The molecule has 0 aromatic carbocycles. The maximum atomic E-state index is 16.6. The van der Waals surface area contributed by atoms with Gasteiger partial charge in [-0.2, -0.15) is 0 Å². The number of ketones is 2. The lowest BCUT2D eigenvalue weighted by Gasteiger charge is -2.69. The van der Waals surface area contributed by atoms with Gasteiger partial charge in [-0.25, -0.2) is 9.18 Å². The molecule has 0 aromatic heterocycles. The summed E-state index contributed by atoms with van der Waals surface area (Å²) in [6.07, 6.45) is 3.57. The number of esters is 1. The average Bonchev–Trinajstić information content (AvgIpc) is 2.92. The highest BCUT2D eigenvalue weighted by atomic mass is 35.5. The van der Waals surface area contributed by atoms with Crippen molar-refractivity contribution in [2.45, 2.75) is 114 Å². The van der Waals surface area contributed by atoms with Crippen LogP contribution in [0.3, 0.4) is 0 Å². The molecule has 6 nitrogen and oxygen atoms in total. The molecule has 2 bridgehead atoms. The molecule has 0 radical (unpaired) electrons. The lowest BCUT2D eigenvalue weighted by Crippen LogP contribution is -2.78. The topological polar surface area (TPSA) is 78.9 Å². The second-order valence-corrected chi connectivity index (χ2v) is 12.3. The minimum absolute atomic E-state index is 0.0633. The Balaban J connectivity index is 1.59. The predicted molar refractivity (Wildman–Crippen MR) is 127 cm³/mol. The lowest BCUT2D eigenvalue weighted by atomic mass is 9.43. The fraction of sp³-hybridized carbons (Fsp3) is 0.815. The quantitative estimate of drug-likeness (QED) is 0.224. The number of ether oxygens (including phenoxy) is 3. The molecule has 5 aliphatic rings. The van der Waals surface area contributed by atoms with Crippen molar-refractivity contribution in [1.29, 1.82) is 0 Å². The third kappa shape index (κ3) is 2.98. The Labute approximate surface area is 211 Å². The molecule has 0 amide bonds. The predicted octanol–water partition coefficient (Wildman–Crippen LogP) is 4.99. The Kier molecular flexibility index (Phi) is 5.86. The van der Waals surface area contributed by atoms with E-state index in [2.05, 4.69) is 0 Å². The minimum atomic E-state index is -1.52. The molecule has 35 heavy (non-hydrogen) atoms. The van der Waals surface area contributed by atoms with Crippen LogP contribution in [-0.2, 0) is 28.6 Å². The van der Waals surface area contributed by atoms with Crippen LogP contribution in [0.1, 0.15) is 85.5 Å². The van der Waals surface area contributed by atoms with E-state index in [1.807, 2.05) is 20.8 Å². The van der Waals surface area contributed by atoms with Crippen molar-refractivity contribution in [2.24, 2.45) is 16.7 Å². The summed E-state index contributed by atoms with van der Waals surface area (Å²) in [5, 5.41) is 0. The highest BCUT2D eigenvalue weighted by Gasteiger charge is 2.83. The van der Waals surface area contributed by atoms with Gasteiger partial charge in [0, 0.05) is 23.2 Å². The Bertz CT molecular complexity index is 998. The van der Waals surface area contributed by atoms with E-state index in [0.29, 0.717) is 38.5 Å². The highest BCUT2D eigenvalue weighted by Crippen LogP contribution is 2.76. The first-order chi connectivity index (χ1) is 16.4. The molecule has 1 saturated heterocycles. The van der Waals surface area contributed by atoms with Gasteiger partial charge in [-0.05, 0) is 57.9 Å². The molecule has 1 heterocycles. The van der Waals surface area contributed by atoms with Gasteiger partial charge in [0.1, 0.15) is 11.8 Å². The summed E-state index contributed by atoms with van der Waals surface area (Å²) in [5.41, 5.74) is -3.30. The molecular formula is C27H36ClFO6. The smallest absolute Gasteiger partial charge is 0.377 e. The number of allylic oxidation sites excluding steroid dienone is 1. The van der Waals surface area contributed by atoms with Crippen molar-refractivity contribution in [3.63, 3.8) is 0 Å². The van der Waals surface area contributed by atoms with Crippen LogP contribution in [-0.4, -0.2) is 52.7 Å². The molecule has 194 valence electrons. The first-order valence-corrected chi connectivity index (χ1v) is 13.4. The van der Waals surface area contributed by atoms with Gasteiger partial charge < -0.3 is 14.2 Å². The van der Waals surface area contributed by atoms with Crippen LogP contribution in [0, 0.1) is 16.7 Å². The molecular weight excluding hydrogens is 475 g/mol. The van der Waals surface area contributed by atoms with Gasteiger partial charge >= 0.3 is 5.97 Å². The van der Waals surface area contributed by atoms with Gasteiger partial charge in [0.2, 0.25) is 0 Å². The van der Waals surface area contributed by atoms with Crippen LogP contribution < -0.4 is 0 Å². The number of Topliss-reactive ketones (excluding diaryl/α,β-unsaturated/α-hetero) is 1. The fourth-order valence-electron chi connectivity index (χ4n) is 8.46. The van der Waals surface area contributed by atoms with E-state index in [9.17, 15) is 14.4 Å². The van der Waals surface area contributed by atoms with Crippen molar-refractivity contribution in [2.75, 3.05) is 6.61 Å². The molecule has 0 N–H and O–H groups in total. The lowest BCUT2D eigenvalue weighted by molar-refractivity contribution is -0.366. The molecule has 8 atom stereocenters. The Morgan fingerprint density at radius 2 is 1.94 bits per heavy atom. The molecule has 4 fully saturated rings. The number of hydrogen-bond acceptors (Lipinski definition) is 6. The molecule has 4 aliphatic carbocycles. The van der Waals surface area contributed by atoms with Crippen LogP contribution in [0.15, 0.2) is 11.6 Å². The van der Waals surface area contributed by atoms with Crippen LogP contribution >= 0.6 is 11.6 Å². The molecule has 0 aromatic rings. The number of rotatable bonds is 5. The largest absolute Gasteiger partial charge is 0.460 e. The second kappa shape index (κ2) is 8.09. The van der Waals surface area contributed by atoms with Crippen molar-refractivity contribution >= 4 is 29.1 Å². The minimum Gasteiger partial charge on any atom is -0.460 e. The summed E-state index contributed by atoms with van der Waals surface area (Å²) in [6.45, 7) is 7.68. The molecule has 1 aliphatic heterocycles. The van der Waals surface area contributed by atoms with Gasteiger partial charge in [0.05, 0.1) is 17.1 Å². The summed E-state index contributed by atoms with van der Waals surface area (Å²) < 4.78 is 34.7. The second-order valence-electron chi connectivity index (χ2n) is 11.7. The monoisotopic (exact) mass is 510 g/mol. The van der Waals surface area contributed by atoms with Crippen LogP contribution in [0.2, 0.25) is 0 Å². The molecule has 0 spiro atoms. The molecule has 8 heteroatoms. The van der Waals surface area contributed by atoms with Crippen molar-refractivity contribution in [1.82, 2.24) is 0 Å². The van der Waals surface area contributed by atoms with Crippen LogP contribution in [0.4, 0.5) is 4.39 Å². The average molecular weight is 511 g/mol. The summed E-state index contributed by atoms with van der Waals surface area (Å²) in [4.78, 5) is 37.5. The molecule has 3 saturated carbocycles. The zero-order chi connectivity index (χ0) is 25.4. The number of unbranched alkanes of at least 4 members (excludes halogenated alkanes) is 1. The summed E-state index contributed by atoms with van der Waals surface area (Å²) >= 11 is 7.45. The van der Waals surface area contributed by atoms with E-state index >= 15 is 4.39 Å². The van der Waals surface area contributed by atoms with E-state index in [1.54, 1.807) is 13.0 Å². The Hall–Kier alpha value is -1.31. The molecule has 1 unspecified atom stereocenters. The van der Waals surface area contributed by atoms with E-state index < -0.39 is 57.0 Å². The zero-order valence-corrected chi connectivity index (χ0v) is 21.8. The number of halogens is 2. The van der Waals surface area contributed by atoms with Gasteiger partial charge in [0.25, 0.3) is 5.78 Å². The van der Waals surface area contributed by atoms with E-state index in [0.717, 1.165) is 12.0 Å². The van der Waals surface area contributed by atoms with Gasteiger partial charge in [-0.1, -0.05) is 32.8 Å². The third-order valence-electron chi connectivity index (χ3n) is 10.3. The maximum Gasteiger partial charge on any atom is 0.377 e. The number of alkyl halides is 2. The summed E-state index contributed by atoms with van der Waals surface area (Å²) in [7, 11) is 0.